The van der Waals surface area contributed by atoms with E-state index in [4.69, 9.17) is 0 Å². The standard InChI is InChI=1S/C21H23F2N3O2/c1-13-5-6-17-15(8-13)16-11-25(2)19(20(22)23)9-18(16)26(17)12-21(27,28)14-4-3-7-24-10-14/h3-8,10,19-20,27-28H,9,11-12H2,1-2H3. The summed E-state index contributed by atoms with van der Waals surface area (Å²) in [4.78, 5) is 5.62. The van der Waals surface area contributed by atoms with Gasteiger partial charge in [0, 0.05) is 47.5 Å². The molecule has 1 atom stereocenters. The number of hydrogen-bond donors (Lipinski definition) is 2. The smallest absolute Gasteiger partial charge is 0.254 e. The van der Waals surface area contributed by atoms with Gasteiger partial charge in [-0.05, 0) is 37.7 Å². The summed E-state index contributed by atoms with van der Waals surface area (Å²) in [6.45, 7) is 2.22. The molecule has 0 radical (unpaired) electrons. The number of rotatable bonds is 4. The number of hydrogen-bond acceptors (Lipinski definition) is 4. The number of fused-ring (bicyclic) bond motifs is 3. The predicted molar refractivity (Wildman–Crippen MR) is 102 cm³/mol. The van der Waals surface area contributed by atoms with Crippen LogP contribution in [-0.2, 0) is 25.3 Å². The Morgan fingerprint density at radius 1 is 1.29 bits per heavy atom. The topological polar surface area (TPSA) is 61.5 Å². The average molecular weight is 387 g/mol. The minimum Gasteiger partial charge on any atom is -0.361 e. The van der Waals surface area contributed by atoms with Crippen molar-refractivity contribution in [3.05, 3.63) is 65.1 Å². The summed E-state index contributed by atoms with van der Waals surface area (Å²) in [6, 6.07) is 8.21. The fraction of sp³-hybridized carbons (Fsp3) is 0.381. The van der Waals surface area contributed by atoms with E-state index in [1.807, 2.05) is 25.1 Å². The Balaban J connectivity index is 1.85. The van der Waals surface area contributed by atoms with Gasteiger partial charge in [-0.25, -0.2) is 8.78 Å². The molecule has 0 saturated carbocycles. The van der Waals surface area contributed by atoms with Gasteiger partial charge in [0.2, 0.25) is 5.79 Å². The highest BCUT2D eigenvalue weighted by Gasteiger charge is 2.36. The lowest BCUT2D eigenvalue weighted by molar-refractivity contribution is -0.179. The van der Waals surface area contributed by atoms with Crippen molar-refractivity contribution in [2.75, 3.05) is 7.05 Å². The molecule has 0 aliphatic carbocycles. The van der Waals surface area contributed by atoms with E-state index in [1.54, 1.807) is 34.8 Å². The number of pyridine rings is 1. The highest BCUT2D eigenvalue weighted by molar-refractivity contribution is 5.86. The predicted octanol–water partition coefficient (Wildman–Crippen LogP) is 2.80. The highest BCUT2D eigenvalue weighted by Crippen LogP contribution is 2.36. The number of nitrogens with zero attached hydrogens (tertiary/aromatic N) is 3. The molecular formula is C21H23F2N3O2. The Labute approximate surface area is 161 Å². The minimum atomic E-state index is -2.47. The molecule has 1 aliphatic heterocycles. The van der Waals surface area contributed by atoms with Crippen molar-refractivity contribution in [3.8, 4) is 0 Å². The van der Waals surface area contributed by atoms with E-state index in [1.165, 1.54) is 6.20 Å². The SMILES string of the molecule is Cc1ccc2c(c1)c1c(n2CC(O)(O)c2cccnc2)CC(C(F)F)N(C)C1. The van der Waals surface area contributed by atoms with Crippen LogP contribution in [0, 0.1) is 6.92 Å². The second-order valence-electron chi connectivity index (χ2n) is 7.61. The molecule has 0 spiro atoms. The fourth-order valence-electron chi connectivity index (χ4n) is 4.09. The van der Waals surface area contributed by atoms with Gasteiger partial charge in [-0.15, -0.1) is 0 Å². The van der Waals surface area contributed by atoms with E-state index in [0.717, 1.165) is 27.7 Å². The Morgan fingerprint density at radius 2 is 2.07 bits per heavy atom. The Morgan fingerprint density at radius 3 is 2.75 bits per heavy atom. The quantitative estimate of drug-likeness (QED) is 0.676. The molecule has 28 heavy (non-hydrogen) atoms. The monoisotopic (exact) mass is 387 g/mol. The van der Waals surface area contributed by atoms with Crippen molar-refractivity contribution in [1.29, 1.82) is 0 Å². The van der Waals surface area contributed by atoms with Gasteiger partial charge in [0.05, 0.1) is 12.6 Å². The Hall–Kier alpha value is -2.35. The van der Waals surface area contributed by atoms with E-state index < -0.39 is 18.3 Å². The molecule has 3 aromatic rings. The number of aromatic nitrogens is 2. The van der Waals surface area contributed by atoms with E-state index in [2.05, 4.69) is 4.98 Å². The first kappa shape index (κ1) is 19.0. The summed E-state index contributed by atoms with van der Waals surface area (Å²) in [7, 11) is 1.71. The lowest BCUT2D eigenvalue weighted by atomic mass is 9.98. The summed E-state index contributed by atoms with van der Waals surface area (Å²) in [5.41, 5.74) is 3.85. The van der Waals surface area contributed by atoms with E-state index in [9.17, 15) is 19.0 Å². The summed E-state index contributed by atoms with van der Waals surface area (Å²) in [6.07, 6.45) is 0.633. The van der Waals surface area contributed by atoms with Crippen LogP contribution in [0.15, 0.2) is 42.7 Å². The largest absolute Gasteiger partial charge is 0.361 e. The third-order valence-electron chi connectivity index (χ3n) is 5.61. The first-order valence-corrected chi connectivity index (χ1v) is 9.22. The molecule has 0 saturated heterocycles. The normalized spacial score (nSPS) is 18.0. The zero-order chi connectivity index (χ0) is 20.1. The van der Waals surface area contributed by atoms with Crippen molar-refractivity contribution in [1.82, 2.24) is 14.5 Å². The minimum absolute atomic E-state index is 0.153. The molecule has 3 heterocycles. The Bertz CT molecular complexity index is 1000. The lowest BCUT2D eigenvalue weighted by Gasteiger charge is -2.33. The van der Waals surface area contributed by atoms with Crippen LogP contribution in [0.3, 0.4) is 0 Å². The molecular weight excluding hydrogens is 364 g/mol. The molecule has 2 aromatic heterocycles. The van der Waals surface area contributed by atoms with Crippen molar-refractivity contribution in [3.63, 3.8) is 0 Å². The molecule has 5 nitrogen and oxygen atoms in total. The van der Waals surface area contributed by atoms with Gasteiger partial charge >= 0.3 is 0 Å². The maximum absolute atomic E-state index is 13.6. The summed E-state index contributed by atoms with van der Waals surface area (Å²) < 4.78 is 28.9. The molecule has 4 rings (SSSR count). The number of benzene rings is 1. The van der Waals surface area contributed by atoms with Crippen LogP contribution < -0.4 is 0 Å². The molecule has 148 valence electrons. The highest BCUT2D eigenvalue weighted by atomic mass is 19.3. The van der Waals surface area contributed by atoms with Crippen molar-refractivity contribution in [2.45, 2.75) is 44.7 Å². The number of halogens is 2. The van der Waals surface area contributed by atoms with Gasteiger partial charge in [-0.2, -0.15) is 0 Å². The summed E-state index contributed by atoms with van der Waals surface area (Å²) in [5.74, 6) is -2.16. The third kappa shape index (κ3) is 3.19. The van der Waals surface area contributed by atoms with E-state index in [-0.39, 0.29) is 18.5 Å². The second-order valence-corrected chi connectivity index (χ2v) is 7.61. The van der Waals surface area contributed by atoms with Crippen LogP contribution in [0.25, 0.3) is 10.9 Å². The molecule has 1 unspecified atom stereocenters. The molecule has 1 aromatic carbocycles. The van der Waals surface area contributed by atoms with Gasteiger partial charge in [0.25, 0.3) is 6.43 Å². The van der Waals surface area contributed by atoms with Crippen LogP contribution >= 0.6 is 0 Å². The summed E-state index contributed by atoms with van der Waals surface area (Å²) in [5, 5.41) is 22.4. The first-order valence-electron chi connectivity index (χ1n) is 9.22. The number of likely N-dealkylation sites (N-methyl/N-ethyl adjacent to an activating group) is 1. The summed E-state index contributed by atoms with van der Waals surface area (Å²) >= 11 is 0. The maximum atomic E-state index is 13.6. The van der Waals surface area contributed by atoms with Gasteiger partial charge in [0.1, 0.15) is 0 Å². The van der Waals surface area contributed by atoms with Gasteiger partial charge in [-0.1, -0.05) is 17.7 Å². The molecule has 0 bridgehead atoms. The third-order valence-corrected chi connectivity index (χ3v) is 5.61. The van der Waals surface area contributed by atoms with Crippen LogP contribution in [0.1, 0.15) is 22.4 Å². The van der Waals surface area contributed by atoms with Crippen molar-refractivity contribution in [2.24, 2.45) is 0 Å². The Kier molecular flexibility index (Phi) is 4.69. The number of aliphatic hydroxyl groups is 2. The van der Waals surface area contributed by atoms with Gasteiger partial charge in [0.15, 0.2) is 0 Å². The van der Waals surface area contributed by atoms with Gasteiger partial charge in [-0.3, -0.25) is 9.88 Å². The van der Waals surface area contributed by atoms with Gasteiger partial charge < -0.3 is 14.8 Å². The van der Waals surface area contributed by atoms with Crippen LogP contribution in [0.5, 0.6) is 0 Å². The number of alkyl halides is 2. The van der Waals surface area contributed by atoms with Crippen LogP contribution in [0.2, 0.25) is 0 Å². The zero-order valence-electron chi connectivity index (χ0n) is 15.8. The molecule has 0 amide bonds. The first-order chi connectivity index (χ1) is 13.3. The van der Waals surface area contributed by atoms with Crippen molar-refractivity contribution < 1.29 is 19.0 Å². The molecule has 1 aliphatic rings. The average Bonchev–Trinajstić information content (AvgIpc) is 2.93. The molecule has 0 fully saturated rings. The lowest BCUT2D eigenvalue weighted by Crippen LogP contribution is -2.43. The maximum Gasteiger partial charge on any atom is 0.254 e. The molecule has 7 heteroatoms. The van der Waals surface area contributed by atoms with Crippen molar-refractivity contribution >= 4 is 10.9 Å². The van der Waals surface area contributed by atoms with Crippen LogP contribution in [-0.4, -0.2) is 44.2 Å². The molecule has 2 N–H and O–H groups in total. The zero-order valence-corrected chi connectivity index (χ0v) is 15.8. The fourth-order valence-corrected chi connectivity index (χ4v) is 4.09. The van der Waals surface area contributed by atoms with E-state index in [0.29, 0.717) is 6.54 Å². The van der Waals surface area contributed by atoms with Crippen LogP contribution in [0.4, 0.5) is 8.78 Å². The van der Waals surface area contributed by atoms with E-state index >= 15 is 0 Å². The number of aryl methyl sites for hydroxylation is 1. The second kappa shape index (κ2) is 6.92.